The van der Waals surface area contributed by atoms with Crippen LogP contribution in [-0.2, 0) is 6.42 Å². The molecule has 0 unspecified atom stereocenters. The Morgan fingerprint density at radius 3 is 2.29 bits per heavy atom. The van der Waals surface area contributed by atoms with Gasteiger partial charge in [-0.15, -0.1) is 0 Å². The Bertz CT molecular complexity index is 335. The Kier molecular flexibility index (Phi) is 3.21. The van der Waals surface area contributed by atoms with E-state index < -0.39 is 18.2 Å². The van der Waals surface area contributed by atoms with Crippen LogP contribution in [0.25, 0.3) is 0 Å². The minimum absolute atomic E-state index is 0.452. The van der Waals surface area contributed by atoms with Gasteiger partial charge in [-0.2, -0.15) is 8.78 Å². The monoisotopic (exact) mass is 262 g/mol. The second kappa shape index (κ2) is 4.04. The van der Waals surface area contributed by atoms with Gasteiger partial charge in [0.2, 0.25) is 0 Å². The molecule has 1 aromatic carbocycles. The van der Waals surface area contributed by atoms with E-state index in [9.17, 15) is 8.78 Å². The molecular weight excluding hydrogens is 254 g/mol. The molecule has 0 atom stereocenters. The summed E-state index contributed by atoms with van der Waals surface area (Å²) < 4.78 is 26.8. The van der Waals surface area contributed by atoms with Crippen LogP contribution in [0.2, 0.25) is 0 Å². The normalized spacial score (nSPS) is 11.4. The molecule has 0 aliphatic carbocycles. The highest BCUT2D eigenvalue weighted by Gasteiger charge is 2.33. The molecule has 0 saturated carbocycles. The summed E-state index contributed by atoms with van der Waals surface area (Å²) in [5.41, 5.74) is 5.22. The molecule has 0 fully saturated rings. The van der Waals surface area contributed by atoms with Gasteiger partial charge in [-0.3, -0.25) is 5.41 Å². The van der Waals surface area contributed by atoms with Crippen molar-refractivity contribution in [2.75, 3.05) is 0 Å². The smallest absolute Gasteiger partial charge is 0.307 e. The topological polar surface area (TPSA) is 49.9 Å². The van der Waals surface area contributed by atoms with Gasteiger partial charge in [-0.25, -0.2) is 0 Å². The standard InChI is InChI=1S/C9H9BrF2N2/c10-7-3-1-6(2-4-7)5-9(11,12)8(13)14/h1-4H,5H2,(H3,13,14). The minimum Gasteiger partial charge on any atom is -0.383 e. The Morgan fingerprint density at radius 2 is 1.86 bits per heavy atom. The van der Waals surface area contributed by atoms with Crippen molar-refractivity contribution in [3.05, 3.63) is 34.3 Å². The SMILES string of the molecule is N=C(N)C(F)(F)Cc1ccc(Br)cc1. The van der Waals surface area contributed by atoms with Crippen LogP contribution in [0.4, 0.5) is 8.78 Å². The molecule has 0 bridgehead atoms. The predicted octanol–water partition coefficient (Wildman–Crippen LogP) is 2.56. The van der Waals surface area contributed by atoms with Gasteiger partial charge in [0, 0.05) is 10.9 Å². The number of hydrogen-bond acceptors (Lipinski definition) is 1. The Morgan fingerprint density at radius 1 is 1.36 bits per heavy atom. The van der Waals surface area contributed by atoms with E-state index >= 15 is 0 Å². The quantitative estimate of drug-likeness (QED) is 0.639. The highest BCUT2D eigenvalue weighted by molar-refractivity contribution is 9.10. The molecule has 14 heavy (non-hydrogen) atoms. The van der Waals surface area contributed by atoms with E-state index in [1.807, 2.05) is 0 Å². The minimum atomic E-state index is -3.26. The fourth-order valence-corrected chi connectivity index (χ4v) is 1.22. The number of alkyl halides is 2. The zero-order valence-corrected chi connectivity index (χ0v) is 8.81. The van der Waals surface area contributed by atoms with Crippen molar-refractivity contribution in [3.63, 3.8) is 0 Å². The Labute approximate surface area is 88.8 Å². The van der Waals surface area contributed by atoms with Crippen LogP contribution < -0.4 is 5.73 Å². The molecule has 0 aliphatic heterocycles. The third kappa shape index (κ3) is 2.77. The van der Waals surface area contributed by atoms with Crippen LogP contribution in [0.3, 0.4) is 0 Å². The van der Waals surface area contributed by atoms with Crippen molar-refractivity contribution in [3.8, 4) is 0 Å². The zero-order chi connectivity index (χ0) is 10.8. The second-order valence-electron chi connectivity index (χ2n) is 2.92. The summed E-state index contributed by atoms with van der Waals surface area (Å²) in [6.45, 7) is 0. The molecule has 5 heteroatoms. The molecule has 0 heterocycles. The van der Waals surface area contributed by atoms with Gasteiger partial charge in [0.1, 0.15) is 0 Å². The highest BCUT2D eigenvalue weighted by atomic mass is 79.9. The van der Waals surface area contributed by atoms with Crippen molar-refractivity contribution in [2.24, 2.45) is 5.73 Å². The number of hydrogen-bond donors (Lipinski definition) is 2. The maximum Gasteiger partial charge on any atom is 0.307 e. The lowest BCUT2D eigenvalue weighted by Crippen LogP contribution is -2.36. The molecule has 0 aliphatic rings. The van der Waals surface area contributed by atoms with Crippen LogP contribution in [0.1, 0.15) is 5.56 Å². The number of amidine groups is 1. The number of benzene rings is 1. The zero-order valence-electron chi connectivity index (χ0n) is 7.23. The fourth-order valence-electron chi connectivity index (χ4n) is 0.954. The third-order valence-corrected chi connectivity index (χ3v) is 2.26. The summed E-state index contributed by atoms with van der Waals surface area (Å²) in [6.07, 6.45) is -0.532. The molecular formula is C9H9BrF2N2. The van der Waals surface area contributed by atoms with Crippen molar-refractivity contribution >= 4 is 21.8 Å². The molecule has 0 radical (unpaired) electrons. The van der Waals surface area contributed by atoms with Gasteiger partial charge in [0.25, 0.3) is 0 Å². The van der Waals surface area contributed by atoms with Crippen LogP contribution in [0, 0.1) is 5.41 Å². The summed E-state index contributed by atoms with van der Waals surface area (Å²) >= 11 is 3.20. The lowest BCUT2D eigenvalue weighted by atomic mass is 10.1. The van der Waals surface area contributed by atoms with E-state index in [4.69, 9.17) is 11.1 Å². The predicted molar refractivity (Wildman–Crippen MR) is 54.7 cm³/mol. The lowest BCUT2D eigenvalue weighted by Gasteiger charge is -2.14. The average molecular weight is 263 g/mol. The van der Waals surface area contributed by atoms with Gasteiger partial charge >= 0.3 is 5.92 Å². The van der Waals surface area contributed by atoms with E-state index in [1.165, 1.54) is 0 Å². The number of halogens is 3. The van der Waals surface area contributed by atoms with Gasteiger partial charge in [0.15, 0.2) is 5.84 Å². The molecule has 2 nitrogen and oxygen atoms in total. The molecule has 0 saturated heterocycles. The first kappa shape index (κ1) is 11.1. The van der Waals surface area contributed by atoms with Crippen molar-refractivity contribution in [2.45, 2.75) is 12.3 Å². The van der Waals surface area contributed by atoms with Crippen molar-refractivity contribution < 1.29 is 8.78 Å². The molecule has 0 spiro atoms. The number of nitrogens with one attached hydrogen (secondary N) is 1. The lowest BCUT2D eigenvalue weighted by molar-refractivity contribution is 0.0762. The summed E-state index contributed by atoms with van der Waals surface area (Å²) in [5.74, 6) is -4.35. The molecule has 76 valence electrons. The van der Waals surface area contributed by atoms with Gasteiger partial charge < -0.3 is 5.73 Å². The van der Waals surface area contributed by atoms with E-state index in [2.05, 4.69) is 15.9 Å². The average Bonchev–Trinajstić information content (AvgIpc) is 2.08. The highest BCUT2D eigenvalue weighted by Crippen LogP contribution is 2.21. The summed E-state index contributed by atoms with van der Waals surface area (Å²) in [7, 11) is 0. The maximum atomic E-state index is 13.0. The van der Waals surface area contributed by atoms with E-state index in [-0.39, 0.29) is 0 Å². The Balaban J connectivity index is 2.79. The van der Waals surface area contributed by atoms with Gasteiger partial charge in [0.05, 0.1) is 0 Å². The number of rotatable bonds is 3. The molecule has 1 rings (SSSR count). The van der Waals surface area contributed by atoms with Crippen LogP contribution in [0.5, 0.6) is 0 Å². The first-order valence-electron chi connectivity index (χ1n) is 3.88. The fraction of sp³-hybridized carbons (Fsp3) is 0.222. The van der Waals surface area contributed by atoms with E-state index in [0.29, 0.717) is 5.56 Å². The molecule has 3 N–H and O–H groups in total. The first-order valence-corrected chi connectivity index (χ1v) is 4.68. The van der Waals surface area contributed by atoms with Crippen molar-refractivity contribution in [1.82, 2.24) is 0 Å². The third-order valence-electron chi connectivity index (χ3n) is 1.73. The van der Waals surface area contributed by atoms with Crippen molar-refractivity contribution in [1.29, 1.82) is 5.41 Å². The molecule has 0 amide bonds. The largest absolute Gasteiger partial charge is 0.383 e. The van der Waals surface area contributed by atoms with E-state index in [0.717, 1.165) is 4.47 Å². The van der Waals surface area contributed by atoms with Gasteiger partial charge in [-0.1, -0.05) is 28.1 Å². The summed E-state index contributed by atoms with van der Waals surface area (Å²) in [6, 6.07) is 6.49. The van der Waals surface area contributed by atoms with Crippen LogP contribution in [-0.4, -0.2) is 11.8 Å². The molecule has 1 aromatic rings. The van der Waals surface area contributed by atoms with Crippen LogP contribution in [0.15, 0.2) is 28.7 Å². The summed E-state index contributed by atoms with van der Waals surface area (Å²) in [4.78, 5) is 0. The van der Waals surface area contributed by atoms with Crippen LogP contribution >= 0.6 is 15.9 Å². The first-order chi connectivity index (χ1) is 6.42. The summed E-state index contributed by atoms with van der Waals surface area (Å²) in [5, 5.41) is 6.71. The second-order valence-corrected chi connectivity index (χ2v) is 3.84. The maximum absolute atomic E-state index is 13.0. The van der Waals surface area contributed by atoms with Gasteiger partial charge in [-0.05, 0) is 17.7 Å². The number of nitrogens with two attached hydrogens (primary N) is 1. The molecule has 0 aromatic heterocycles. The Hall–Kier alpha value is -0.970. The van der Waals surface area contributed by atoms with E-state index in [1.54, 1.807) is 24.3 Å².